The Labute approximate surface area is 149 Å². The molecule has 3 heterocycles. The summed E-state index contributed by atoms with van der Waals surface area (Å²) in [4.78, 5) is 21.0. The number of hydrogen-bond acceptors (Lipinski definition) is 5. The molecule has 0 spiro atoms. The molecular formula is C18H29N5O2. The van der Waals surface area contributed by atoms with E-state index in [4.69, 9.17) is 4.74 Å². The second-order valence-electron chi connectivity index (χ2n) is 6.91. The van der Waals surface area contributed by atoms with Crippen molar-refractivity contribution in [2.75, 3.05) is 62.7 Å². The number of nitrogens with one attached hydrogen (secondary N) is 2. The second kappa shape index (κ2) is 9.01. The van der Waals surface area contributed by atoms with Crippen LogP contribution < -0.4 is 15.5 Å². The summed E-state index contributed by atoms with van der Waals surface area (Å²) in [6.45, 7) is 9.34. The van der Waals surface area contributed by atoms with E-state index in [1.807, 2.05) is 12.1 Å². The molecule has 0 radical (unpaired) electrons. The third-order valence-corrected chi connectivity index (χ3v) is 4.93. The van der Waals surface area contributed by atoms with Crippen LogP contribution in [0.3, 0.4) is 0 Å². The smallest absolute Gasteiger partial charge is 0.319 e. The van der Waals surface area contributed by atoms with Crippen LogP contribution in [0, 0.1) is 5.92 Å². The van der Waals surface area contributed by atoms with Crippen LogP contribution in [0.1, 0.15) is 19.8 Å². The molecule has 3 rings (SSSR count). The molecule has 1 aromatic heterocycles. The van der Waals surface area contributed by atoms with Gasteiger partial charge in [0.05, 0.1) is 25.1 Å². The van der Waals surface area contributed by atoms with E-state index in [0.717, 1.165) is 57.7 Å². The van der Waals surface area contributed by atoms with Crippen molar-refractivity contribution in [3.63, 3.8) is 0 Å². The van der Waals surface area contributed by atoms with Crippen molar-refractivity contribution in [3.05, 3.63) is 18.3 Å². The van der Waals surface area contributed by atoms with Crippen molar-refractivity contribution in [1.82, 2.24) is 15.2 Å². The van der Waals surface area contributed by atoms with Crippen molar-refractivity contribution in [3.8, 4) is 0 Å². The van der Waals surface area contributed by atoms with Gasteiger partial charge in [-0.3, -0.25) is 0 Å². The lowest BCUT2D eigenvalue weighted by Crippen LogP contribution is -2.40. The zero-order valence-corrected chi connectivity index (χ0v) is 15.0. The SMILES string of the molecule is CC1CCN(CCNC(=O)Nc2ccc(N3CCOCC3)nc2)CC1. The van der Waals surface area contributed by atoms with Gasteiger partial charge in [-0.05, 0) is 44.0 Å². The first-order valence-corrected chi connectivity index (χ1v) is 9.26. The molecule has 0 bridgehead atoms. The number of carbonyl (C=O) groups is 1. The number of aromatic nitrogens is 1. The van der Waals surface area contributed by atoms with Crippen molar-refractivity contribution in [2.24, 2.45) is 5.92 Å². The minimum atomic E-state index is -0.175. The molecule has 2 fully saturated rings. The third-order valence-electron chi connectivity index (χ3n) is 4.93. The van der Waals surface area contributed by atoms with Crippen LogP contribution in [0.5, 0.6) is 0 Å². The Morgan fingerprint density at radius 3 is 2.68 bits per heavy atom. The predicted octanol–water partition coefficient (Wildman–Crippen LogP) is 1.77. The summed E-state index contributed by atoms with van der Waals surface area (Å²) in [6.07, 6.45) is 4.22. The van der Waals surface area contributed by atoms with Crippen molar-refractivity contribution >= 4 is 17.5 Å². The van der Waals surface area contributed by atoms with Gasteiger partial charge in [0.1, 0.15) is 5.82 Å². The van der Waals surface area contributed by atoms with Crippen molar-refractivity contribution in [1.29, 1.82) is 0 Å². The fraction of sp³-hybridized carbons (Fsp3) is 0.667. The van der Waals surface area contributed by atoms with Gasteiger partial charge in [0, 0.05) is 26.2 Å². The molecule has 2 amide bonds. The van der Waals surface area contributed by atoms with E-state index in [2.05, 4.69) is 32.3 Å². The molecule has 0 unspecified atom stereocenters. The maximum atomic E-state index is 12.0. The monoisotopic (exact) mass is 347 g/mol. The number of amides is 2. The molecule has 0 aromatic carbocycles. The molecule has 1 aromatic rings. The van der Waals surface area contributed by atoms with Crippen LogP contribution in [0.15, 0.2) is 18.3 Å². The number of ether oxygens (including phenoxy) is 1. The number of piperidine rings is 1. The lowest BCUT2D eigenvalue weighted by Gasteiger charge is -2.30. The van der Waals surface area contributed by atoms with Crippen molar-refractivity contribution < 1.29 is 9.53 Å². The molecule has 0 atom stereocenters. The normalized spacial score (nSPS) is 19.6. The van der Waals surface area contributed by atoms with Gasteiger partial charge >= 0.3 is 6.03 Å². The Morgan fingerprint density at radius 1 is 1.24 bits per heavy atom. The van der Waals surface area contributed by atoms with Gasteiger partial charge in [0.2, 0.25) is 0 Å². The number of urea groups is 1. The van der Waals surface area contributed by atoms with Crippen LogP contribution in [-0.2, 0) is 4.74 Å². The minimum Gasteiger partial charge on any atom is -0.378 e. The van der Waals surface area contributed by atoms with E-state index >= 15 is 0 Å². The van der Waals surface area contributed by atoms with Gasteiger partial charge in [-0.2, -0.15) is 0 Å². The molecule has 7 heteroatoms. The Balaban J connectivity index is 1.37. The molecule has 2 saturated heterocycles. The summed E-state index contributed by atoms with van der Waals surface area (Å²) in [5.41, 5.74) is 0.710. The van der Waals surface area contributed by atoms with Gasteiger partial charge in [-0.15, -0.1) is 0 Å². The van der Waals surface area contributed by atoms with Crippen molar-refractivity contribution in [2.45, 2.75) is 19.8 Å². The Hall–Kier alpha value is -1.86. The molecule has 2 aliphatic heterocycles. The van der Waals surface area contributed by atoms with Crippen LogP contribution in [0.2, 0.25) is 0 Å². The topological polar surface area (TPSA) is 69.7 Å². The number of likely N-dealkylation sites (tertiary alicyclic amines) is 1. The molecule has 2 N–H and O–H groups in total. The number of hydrogen-bond donors (Lipinski definition) is 2. The highest BCUT2D eigenvalue weighted by atomic mass is 16.5. The maximum Gasteiger partial charge on any atom is 0.319 e. The van der Waals surface area contributed by atoms with E-state index in [0.29, 0.717) is 12.2 Å². The Bertz CT molecular complexity index is 537. The predicted molar refractivity (Wildman–Crippen MR) is 99.1 cm³/mol. The van der Waals surface area contributed by atoms with Gasteiger partial charge in [-0.25, -0.2) is 9.78 Å². The average Bonchev–Trinajstić information content (AvgIpc) is 2.65. The number of nitrogens with zero attached hydrogens (tertiary/aromatic N) is 3. The first-order valence-electron chi connectivity index (χ1n) is 9.26. The number of anilines is 2. The van der Waals surface area contributed by atoms with Gasteiger partial charge < -0.3 is 25.2 Å². The van der Waals surface area contributed by atoms with Crippen LogP contribution in [-0.4, -0.2) is 68.4 Å². The maximum absolute atomic E-state index is 12.0. The summed E-state index contributed by atoms with van der Waals surface area (Å²) < 4.78 is 5.35. The second-order valence-corrected chi connectivity index (χ2v) is 6.91. The summed E-state index contributed by atoms with van der Waals surface area (Å²) in [5, 5.41) is 5.76. The summed E-state index contributed by atoms with van der Waals surface area (Å²) in [5.74, 6) is 1.76. The molecule has 138 valence electrons. The van der Waals surface area contributed by atoms with Gasteiger partial charge in [0.25, 0.3) is 0 Å². The first-order chi connectivity index (χ1) is 12.2. The van der Waals surface area contributed by atoms with E-state index < -0.39 is 0 Å². The number of morpholine rings is 1. The zero-order chi connectivity index (χ0) is 17.5. The highest BCUT2D eigenvalue weighted by Crippen LogP contribution is 2.16. The zero-order valence-electron chi connectivity index (χ0n) is 15.0. The molecule has 0 aliphatic carbocycles. The molecule has 0 saturated carbocycles. The minimum absolute atomic E-state index is 0.175. The van der Waals surface area contributed by atoms with E-state index in [-0.39, 0.29) is 6.03 Å². The van der Waals surface area contributed by atoms with E-state index in [9.17, 15) is 4.79 Å². The Morgan fingerprint density at radius 2 is 2.00 bits per heavy atom. The van der Waals surface area contributed by atoms with Gasteiger partial charge in [-0.1, -0.05) is 6.92 Å². The molecule has 2 aliphatic rings. The largest absolute Gasteiger partial charge is 0.378 e. The fourth-order valence-corrected chi connectivity index (χ4v) is 3.23. The van der Waals surface area contributed by atoms with Crippen LogP contribution in [0.25, 0.3) is 0 Å². The summed E-state index contributed by atoms with van der Waals surface area (Å²) >= 11 is 0. The molecule has 7 nitrogen and oxygen atoms in total. The van der Waals surface area contributed by atoms with E-state index in [1.165, 1.54) is 12.8 Å². The lowest BCUT2D eigenvalue weighted by molar-refractivity contribution is 0.122. The fourth-order valence-electron chi connectivity index (χ4n) is 3.23. The van der Waals surface area contributed by atoms with Crippen LogP contribution in [0.4, 0.5) is 16.3 Å². The third kappa shape index (κ3) is 5.57. The number of carbonyl (C=O) groups excluding carboxylic acids is 1. The first kappa shape index (κ1) is 17.9. The quantitative estimate of drug-likeness (QED) is 0.850. The van der Waals surface area contributed by atoms with Crippen LogP contribution >= 0.6 is 0 Å². The molecular weight excluding hydrogens is 318 g/mol. The molecule has 25 heavy (non-hydrogen) atoms. The standard InChI is InChI=1S/C18H29N5O2/c1-15-4-7-22(8-5-15)9-6-19-18(24)21-16-2-3-17(20-14-16)23-10-12-25-13-11-23/h2-3,14-15H,4-13H2,1H3,(H2,19,21,24). The summed E-state index contributed by atoms with van der Waals surface area (Å²) in [7, 11) is 0. The number of rotatable bonds is 5. The summed E-state index contributed by atoms with van der Waals surface area (Å²) in [6, 6.07) is 3.66. The highest BCUT2D eigenvalue weighted by molar-refractivity contribution is 5.89. The van der Waals surface area contributed by atoms with Gasteiger partial charge in [0.15, 0.2) is 0 Å². The number of pyridine rings is 1. The lowest BCUT2D eigenvalue weighted by atomic mass is 9.99. The average molecular weight is 347 g/mol. The van der Waals surface area contributed by atoms with E-state index in [1.54, 1.807) is 6.20 Å². The Kier molecular flexibility index (Phi) is 6.47. The highest BCUT2D eigenvalue weighted by Gasteiger charge is 2.15.